The normalized spacial score (nSPS) is 11.2. The van der Waals surface area contributed by atoms with Crippen molar-refractivity contribution in [1.29, 1.82) is 0 Å². The molecule has 2 aromatic rings. The molecule has 0 aliphatic heterocycles. The van der Waals surface area contributed by atoms with Gasteiger partial charge in [0.25, 0.3) is 5.91 Å². The number of benzene rings is 2. The van der Waals surface area contributed by atoms with E-state index in [-0.39, 0.29) is 11.3 Å². The van der Waals surface area contributed by atoms with E-state index in [0.717, 1.165) is 0 Å². The fourth-order valence-corrected chi connectivity index (χ4v) is 2.51. The smallest absolute Gasteiger partial charge is 0.339 e. The molecule has 1 amide bonds. The summed E-state index contributed by atoms with van der Waals surface area (Å²) in [5.74, 6) is -0.384. The SMILES string of the molecule is COc1cc(C(=O)O[C@H](C)C(=O)Nc2ccc(C(C)=O)cc2)cc(OC)c1OC. The molecule has 0 aliphatic carbocycles. The largest absolute Gasteiger partial charge is 0.493 e. The lowest BCUT2D eigenvalue weighted by atomic mass is 10.1. The Morgan fingerprint density at radius 3 is 1.86 bits per heavy atom. The average Bonchev–Trinajstić information content (AvgIpc) is 2.72. The van der Waals surface area contributed by atoms with Gasteiger partial charge in [-0.15, -0.1) is 0 Å². The third-order valence-corrected chi connectivity index (χ3v) is 4.11. The fourth-order valence-electron chi connectivity index (χ4n) is 2.51. The fraction of sp³-hybridized carbons (Fsp3) is 0.286. The number of anilines is 1. The number of hydrogen-bond acceptors (Lipinski definition) is 7. The summed E-state index contributed by atoms with van der Waals surface area (Å²) < 4.78 is 20.9. The molecule has 0 saturated heterocycles. The third-order valence-electron chi connectivity index (χ3n) is 4.11. The van der Waals surface area contributed by atoms with Crippen LogP contribution in [0.1, 0.15) is 34.6 Å². The number of carbonyl (C=O) groups is 3. The number of carbonyl (C=O) groups excluding carboxylic acids is 3. The monoisotopic (exact) mass is 401 g/mol. The molecule has 2 aromatic carbocycles. The maximum absolute atomic E-state index is 12.5. The number of esters is 1. The van der Waals surface area contributed by atoms with Crippen molar-refractivity contribution in [3.8, 4) is 17.2 Å². The molecular weight excluding hydrogens is 378 g/mol. The van der Waals surface area contributed by atoms with Crippen LogP contribution in [0.15, 0.2) is 36.4 Å². The van der Waals surface area contributed by atoms with Crippen molar-refractivity contribution in [2.45, 2.75) is 20.0 Å². The van der Waals surface area contributed by atoms with Crippen LogP contribution < -0.4 is 19.5 Å². The summed E-state index contributed by atoms with van der Waals surface area (Å²) in [5, 5.41) is 2.63. The summed E-state index contributed by atoms with van der Waals surface area (Å²) >= 11 is 0. The first-order chi connectivity index (χ1) is 13.8. The van der Waals surface area contributed by atoms with Gasteiger partial charge in [0.15, 0.2) is 23.4 Å². The minimum absolute atomic E-state index is 0.0736. The lowest BCUT2D eigenvalue weighted by molar-refractivity contribution is -0.123. The van der Waals surface area contributed by atoms with Crippen LogP contribution >= 0.6 is 0 Å². The highest BCUT2D eigenvalue weighted by Gasteiger charge is 2.22. The first kappa shape index (κ1) is 21.7. The van der Waals surface area contributed by atoms with E-state index in [9.17, 15) is 14.4 Å². The van der Waals surface area contributed by atoms with E-state index < -0.39 is 18.0 Å². The Bertz CT molecular complexity index is 881. The second-order valence-corrected chi connectivity index (χ2v) is 6.08. The van der Waals surface area contributed by atoms with E-state index in [1.165, 1.54) is 47.3 Å². The molecule has 0 saturated carbocycles. The van der Waals surface area contributed by atoms with Crippen molar-refractivity contribution in [3.05, 3.63) is 47.5 Å². The average molecular weight is 401 g/mol. The minimum atomic E-state index is -1.06. The molecule has 29 heavy (non-hydrogen) atoms. The molecule has 2 rings (SSSR count). The van der Waals surface area contributed by atoms with E-state index in [0.29, 0.717) is 28.5 Å². The van der Waals surface area contributed by atoms with Gasteiger partial charge in [-0.1, -0.05) is 0 Å². The molecule has 0 spiro atoms. The molecule has 0 aromatic heterocycles. The number of ketones is 1. The van der Waals surface area contributed by atoms with Crippen molar-refractivity contribution in [2.24, 2.45) is 0 Å². The predicted molar refractivity (Wildman–Crippen MR) is 106 cm³/mol. The molecule has 154 valence electrons. The molecule has 0 fully saturated rings. The van der Waals surface area contributed by atoms with Gasteiger partial charge < -0.3 is 24.3 Å². The Hall–Kier alpha value is -3.55. The van der Waals surface area contributed by atoms with E-state index in [1.807, 2.05) is 0 Å². The number of nitrogens with one attached hydrogen (secondary N) is 1. The van der Waals surface area contributed by atoms with Crippen LogP contribution in [-0.2, 0) is 9.53 Å². The van der Waals surface area contributed by atoms with Crippen LogP contribution in [0.5, 0.6) is 17.2 Å². The Kier molecular flexibility index (Phi) is 7.19. The summed E-state index contributed by atoms with van der Waals surface area (Å²) in [7, 11) is 4.31. The van der Waals surface area contributed by atoms with Gasteiger partial charge in [-0.25, -0.2) is 4.79 Å². The summed E-state index contributed by atoms with van der Waals surface area (Å²) in [5.41, 5.74) is 1.16. The van der Waals surface area contributed by atoms with Gasteiger partial charge in [0.05, 0.1) is 26.9 Å². The molecule has 0 bridgehead atoms. The molecular formula is C21H23NO7. The highest BCUT2D eigenvalue weighted by Crippen LogP contribution is 2.38. The van der Waals surface area contributed by atoms with Gasteiger partial charge >= 0.3 is 5.97 Å². The topological polar surface area (TPSA) is 100 Å². The second-order valence-electron chi connectivity index (χ2n) is 6.08. The second kappa shape index (κ2) is 9.59. The number of Topliss-reactive ketones (excluding diaryl/α,β-unsaturated/α-hetero) is 1. The van der Waals surface area contributed by atoms with Crippen LogP contribution in [0.25, 0.3) is 0 Å². The van der Waals surface area contributed by atoms with Gasteiger partial charge in [0.1, 0.15) is 0 Å². The maximum Gasteiger partial charge on any atom is 0.339 e. The van der Waals surface area contributed by atoms with Crippen LogP contribution in [-0.4, -0.2) is 45.1 Å². The van der Waals surface area contributed by atoms with Crippen molar-refractivity contribution in [2.75, 3.05) is 26.6 Å². The van der Waals surface area contributed by atoms with Gasteiger partial charge in [-0.05, 0) is 50.2 Å². The summed E-state index contributed by atoms with van der Waals surface area (Å²) in [6.45, 7) is 2.91. The highest BCUT2D eigenvalue weighted by molar-refractivity contribution is 5.98. The Balaban J connectivity index is 2.09. The lowest BCUT2D eigenvalue weighted by Gasteiger charge is -2.16. The number of methoxy groups -OCH3 is 3. The van der Waals surface area contributed by atoms with Crippen LogP contribution in [0.3, 0.4) is 0 Å². The van der Waals surface area contributed by atoms with Gasteiger partial charge in [-0.2, -0.15) is 0 Å². The van der Waals surface area contributed by atoms with Crippen LogP contribution in [0.2, 0.25) is 0 Å². The highest BCUT2D eigenvalue weighted by atomic mass is 16.5. The first-order valence-electron chi connectivity index (χ1n) is 8.73. The predicted octanol–water partition coefficient (Wildman–Crippen LogP) is 3.10. The van der Waals surface area contributed by atoms with Gasteiger partial charge in [0, 0.05) is 11.3 Å². The third kappa shape index (κ3) is 5.25. The van der Waals surface area contributed by atoms with Gasteiger partial charge in [0.2, 0.25) is 5.75 Å². The van der Waals surface area contributed by atoms with Gasteiger partial charge in [-0.3, -0.25) is 9.59 Å². The van der Waals surface area contributed by atoms with Crippen LogP contribution in [0.4, 0.5) is 5.69 Å². The standard InChI is InChI=1S/C21H23NO7/c1-12(23)14-6-8-16(9-7-14)22-20(24)13(2)29-21(25)15-10-17(26-3)19(28-5)18(11-15)27-4/h6-11,13H,1-5H3,(H,22,24)/t13-/m1/s1. The maximum atomic E-state index is 12.5. The summed E-state index contributed by atoms with van der Waals surface area (Å²) in [6, 6.07) is 9.28. The lowest BCUT2D eigenvalue weighted by Crippen LogP contribution is -2.30. The molecule has 1 atom stereocenters. The first-order valence-corrected chi connectivity index (χ1v) is 8.73. The summed E-state index contributed by atoms with van der Waals surface area (Å²) in [4.78, 5) is 36.1. The Labute approximate surface area is 168 Å². The molecule has 0 aliphatic rings. The molecule has 8 nitrogen and oxygen atoms in total. The van der Waals surface area contributed by atoms with E-state index in [2.05, 4.69) is 5.32 Å². The van der Waals surface area contributed by atoms with Crippen molar-refractivity contribution >= 4 is 23.3 Å². The molecule has 0 heterocycles. The van der Waals surface area contributed by atoms with Crippen molar-refractivity contribution < 1.29 is 33.3 Å². The van der Waals surface area contributed by atoms with Crippen molar-refractivity contribution in [1.82, 2.24) is 0 Å². The van der Waals surface area contributed by atoms with E-state index >= 15 is 0 Å². The van der Waals surface area contributed by atoms with Crippen molar-refractivity contribution in [3.63, 3.8) is 0 Å². The number of hydrogen-bond donors (Lipinski definition) is 1. The number of rotatable bonds is 8. The zero-order valence-corrected chi connectivity index (χ0v) is 16.9. The molecule has 8 heteroatoms. The summed E-state index contributed by atoms with van der Waals surface area (Å²) in [6.07, 6.45) is -1.06. The quantitative estimate of drug-likeness (QED) is 0.536. The number of amides is 1. The zero-order chi connectivity index (χ0) is 21.6. The number of ether oxygens (including phenoxy) is 4. The molecule has 0 unspecified atom stereocenters. The molecule has 1 N–H and O–H groups in total. The van der Waals surface area contributed by atoms with E-state index in [1.54, 1.807) is 24.3 Å². The molecule has 0 radical (unpaired) electrons. The minimum Gasteiger partial charge on any atom is -0.493 e. The Morgan fingerprint density at radius 1 is 0.862 bits per heavy atom. The van der Waals surface area contributed by atoms with Crippen LogP contribution in [0, 0.1) is 0 Å². The Morgan fingerprint density at radius 2 is 1.41 bits per heavy atom. The van der Waals surface area contributed by atoms with E-state index in [4.69, 9.17) is 18.9 Å². The zero-order valence-electron chi connectivity index (χ0n) is 16.9.